The fourth-order valence-electron chi connectivity index (χ4n) is 4.67. The summed E-state index contributed by atoms with van der Waals surface area (Å²) in [5.41, 5.74) is 0. The van der Waals surface area contributed by atoms with E-state index in [2.05, 4.69) is 141 Å². The van der Waals surface area contributed by atoms with Crippen molar-refractivity contribution in [2.45, 2.75) is 123 Å². The quantitative estimate of drug-likeness (QED) is 0.0244. The van der Waals surface area contributed by atoms with Gasteiger partial charge >= 0.3 is 13.8 Å². The van der Waals surface area contributed by atoms with Crippen LogP contribution in [0.4, 0.5) is 0 Å². The van der Waals surface area contributed by atoms with Crippen molar-refractivity contribution in [3.8, 4) is 0 Å². The van der Waals surface area contributed by atoms with Gasteiger partial charge in [0.1, 0.15) is 12.7 Å². The summed E-state index contributed by atoms with van der Waals surface area (Å²) in [6.07, 6.45) is 62.4. The highest BCUT2D eigenvalue weighted by atomic mass is 31.2. The maximum absolute atomic E-state index is 12.1. The molecule has 0 spiro atoms. The van der Waals surface area contributed by atoms with Gasteiger partial charge < -0.3 is 20.1 Å². The Morgan fingerprint density at radius 3 is 1.32 bits per heavy atom. The fraction of sp³-hybridized carbons (Fsp3) is 0.469. The van der Waals surface area contributed by atoms with Crippen molar-refractivity contribution in [3.05, 3.63) is 146 Å². The van der Waals surface area contributed by atoms with E-state index in [-0.39, 0.29) is 38.5 Å². The van der Waals surface area contributed by atoms with Crippen LogP contribution < -0.4 is 5.32 Å². The van der Waals surface area contributed by atoms with Crippen LogP contribution in [0.2, 0.25) is 0 Å². The van der Waals surface area contributed by atoms with Crippen LogP contribution in [0.1, 0.15) is 117 Å². The van der Waals surface area contributed by atoms with E-state index in [0.717, 1.165) is 77.0 Å². The summed E-state index contributed by atoms with van der Waals surface area (Å²) in [7, 11) is -4.47. The third-order valence-electron chi connectivity index (χ3n) is 7.79. The molecule has 59 heavy (non-hydrogen) atoms. The number of aliphatic hydroxyl groups excluding tert-OH is 1. The molecular formula is C49H74NO8P. The Bertz CT molecular complexity index is 1460. The SMILES string of the molecule is CC/C=C\C/C=C\C/C=C\C/C=C\C/C=C\C/C=C\C/C=C\CC(=O)NCCOP(=O)(O)OCC(O)COC(=O)CCC/C=C\C/C=C\C/C=C\C/C=C\C/C=C\CC. The van der Waals surface area contributed by atoms with Crippen LogP contribution in [0.15, 0.2) is 146 Å². The summed E-state index contributed by atoms with van der Waals surface area (Å²) >= 11 is 0. The molecule has 0 saturated heterocycles. The van der Waals surface area contributed by atoms with Crippen LogP contribution in [0.5, 0.6) is 0 Å². The minimum absolute atomic E-state index is 0.00746. The number of phosphoric ester groups is 1. The minimum Gasteiger partial charge on any atom is -0.463 e. The lowest BCUT2D eigenvalue weighted by atomic mass is 10.2. The molecule has 0 heterocycles. The molecule has 0 aliphatic rings. The van der Waals surface area contributed by atoms with Crippen LogP contribution in [-0.2, 0) is 27.9 Å². The summed E-state index contributed by atoms with van der Waals surface area (Å²) in [5.74, 6) is -0.726. The summed E-state index contributed by atoms with van der Waals surface area (Å²) in [6.45, 7) is 3.09. The summed E-state index contributed by atoms with van der Waals surface area (Å²) in [4.78, 5) is 33.8. The topological polar surface area (TPSA) is 131 Å². The van der Waals surface area contributed by atoms with Crippen molar-refractivity contribution < 1.29 is 37.9 Å². The summed E-state index contributed by atoms with van der Waals surface area (Å²) in [5, 5.41) is 12.6. The van der Waals surface area contributed by atoms with Gasteiger partial charge in [-0.25, -0.2) is 4.57 Å². The van der Waals surface area contributed by atoms with Crippen LogP contribution in [0, 0.1) is 0 Å². The Morgan fingerprint density at radius 1 is 0.542 bits per heavy atom. The van der Waals surface area contributed by atoms with Crippen molar-refractivity contribution in [1.29, 1.82) is 0 Å². The number of aliphatic hydroxyl groups is 1. The average Bonchev–Trinajstić information content (AvgIpc) is 3.22. The van der Waals surface area contributed by atoms with E-state index in [1.807, 2.05) is 18.2 Å². The van der Waals surface area contributed by atoms with Crippen molar-refractivity contribution in [3.63, 3.8) is 0 Å². The first-order chi connectivity index (χ1) is 28.8. The number of rotatable bonds is 37. The Kier molecular flexibility index (Phi) is 40.4. The fourth-order valence-corrected chi connectivity index (χ4v) is 5.42. The number of hydrogen-bond acceptors (Lipinski definition) is 7. The van der Waals surface area contributed by atoms with Gasteiger partial charge in [0.25, 0.3) is 0 Å². The summed E-state index contributed by atoms with van der Waals surface area (Å²) in [6, 6.07) is 0. The number of carbonyl (C=O) groups excluding carboxylic acids is 2. The number of nitrogens with one attached hydrogen (secondary N) is 1. The van der Waals surface area contributed by atoms with E-state index < -0.39 is 26.5 Å². The molecule has 9 nitrogen and oxygen atoms in total. The summed E-state index contributed by atoms with van der Waals surface area (Å²) < 4.78 is 26.8. The molecule has 0 aliphatic heterocycles. The van der Waals surface area contributed by atoms with Crippen LogP contribution in [-0.4, -0.2) is 54.3 Å². The van der Waals surface area contributed by atoms with Gasteiger partial charge in [0.05, 0.1) is 13.2 Å². The molecule has 0 bridgehead atoms. The molecule has 0 aromatic heterocycles. The molecular weight excluding hydrogens is 762 g/mol. The van der Waals surface area contributed by atoms with Gasteiger partial charge in [-0.1, -0.05) is 160 Å². The molecule has 10 heteroatoms. The van der Waals surface area contributed by atoms with Crippen molar-refractivity contribution >= 4 is 19.7 Å². The molecule has 3 N–H and O–H groups in total. The van der Waals surface area contributed by atoms with Crippen LogP contribution in [0.3, 0.4) is 0 Å². The second kappa shape index (κ2) is 43.5. The third-order valence-corrected chi connectivity index (χ3v) is 8.78. The molecule has 1 amide bonds. The van der Waals surface area contributed by atoms with Crippen molar-refractivity contribution in [1.82, 2.24) is 5.32 Å². The third kappa shape index (κ3) is 44.8. The number of phosphoric acid groups is 1. The Hall–Kier alpha value is -4.11. The average molecular weight is 836 g/mol. The van der Waals surface area contributed by atoms with Crippen LogP contribution in [0.25, 0.3) is 0 Å². The molecule has 0 aromatic carbocycles. The van der Waals surface area contributed by atoms with E-state index in [1.54, 1.807) is 6.08 Å². The van der Waals surface area contributed by atoms with Gasteiger partial charge in [-0.15, -0.1) is 0 Å². The molecule has 0 saturated carbocycles. The van der Waals surface area contributed by atoms with E-state index in [0.29, 0.717) is 12.8 Å². The normalized spacial score (nSPS) is 14.7. The van der Waals surface area contributed by atoms with Gasteiger partial charge in [0.15, 0.2) is 0 Å². The molecule has 2 atom stereocenters. The first-order valence-corrected chi connectivity index (χ1v) is 22.8. The first-order valence-electron chi connectivity index (χ1n) is 21.3. The molecule has 0 rings (SSSR count). The number of carbonyl (C=O) groups is 2. The predicted molar refractivity (Wildman–Crippen MR) is 247 cm³/mol. The zero-order valence-corrected chi connectivity index (χ0v) is 36.8. The molecule has 0 aliphatic carbocycles. The van der Waals surface area contributed by atoms with Gasteiger partial charge in [-0.3, -0.25) is 18.6 Å². The maximum atomic E-state index is 12.1. The molecule has 0 fully saturated rings. The standard InChI is InChI=1S/C49H74NO8P/c1-3-5-7-9-11-13-15-17-19-21-22-23-24-26-27-29-31-33-35-37-39-41-48(52)50-43-44-57-59(54,55)58-46-47(51)45-56-49(53)42-40-38-36-34-32-30-28-25-20-18-16-14-12-10-8-6-4-2/h5-8,11-14,17-20,22-23,26-28,30-31,33-34,36-37,39,47,51H,3-4,9-10,15-16,21,24-25,29,32,35,38,40-46H2,1-2H3,(H,50,52)(H,54,55)/b7-5-,8-6-,13-11-,14-12-,19-17-,20-18-,23-22-,27-26-,30-28-,33-31-,36-34-,39-37-. The number of amides is 1. The lowest BCUT2D eigenvalue weighted by molar-refractivity contribution is -0.147. The second-order valence-electron chi connectivity index (χ2n) is 13.2. The molecule has 0 radical (unpaired) electrons. The lowest BCUT2D eigenvalue weighted by Crippen LogP contribution is -2.26. The highest BCUT2D eigenvalue weighted by molar-refractivity contribution is 7.47. The van der Waals surface area contributed by atoms with Crippen molar-refractivity contribution in [2.75, 3.05) is 26.4 Å². The second-order valence-corrected chi connectivity index (χ2v) is 14.7. The molecule has 0 aromatic rings. The number of ether oxygens (including phenoxy) is 1. The Labute approximate surface area is 356 Å². The van der Waals surface area contributed by atoms with E-state index >= 15 is 0 Å². The lowest BCUT2D eigenvalue weighted by Gasteiger charge is -2.15. The minimum atomic E-state index is -4.47. The van der Waals surface area contributed by atoms with E-state index in [1.165, 1.54) is 0 Å². The Balaban J connectivity index is 3.85. The predicted octanol–water partition coefficient (Wildman–Crippen LogP) is 12.1. The van der Waals surface area contributed by atoms with Gasteiger partial charge in [0, 0.05) is 19.4 Å². The van der Waals surface area contributed by atoms with Gasteiger partial charge in [-0.05, 0) is 89.9 Å². The molecule has 328 valence electrons. The van der Waals surface area contributed by atoms with E-state index in [4.69, 9.17) is 13.8 Å². The monoisotopic (exact) mass is 836 g/mol. The van der Waals surface area contributed by atoms with Crippen LogP contribution >= 0.6 is 7.82 Å². The highest BCUT2D eigenvalue weighted by Crippen LogP contribution is 2.42. The highest BCUT2D eigenvalue weighted by Gasteiger charge is 2.23. The van der Waals surface area contributed by atoms with Gasteiger partial charge in [-0.2, -0.15) is 0 Å². The smallest absolute Gasteiger partial charge is 0.463 e. The van der Waals surface area contributed by atoms with Gasteiger partial charge in [0.2, 0.25) is 5.91 Å². The van der Waals surface area contributed by atoms with Crippen molar-refractivity contribution in [2.24, 2.45) is 0 Å². The molecule has 2 unspecified atom stereocenters. The maximum Gasteiger partial charge on any atom is 0.472 e. The number of hydrogen-bond donors (Lipinski definition) is 3. The first kappa shape index (κ1) is 54.9. The Morgan fingerprint density at radius 2 is 0.915 bits per heavy atom. The largest absolute Gasteiger partial charge is 0.472 e. The number of unbranched alkanes of at least 4 members (excludes halogenated alkanes) is 1. The van der Waals surface area contributed by atoms with E-state index in [9.17, 15) is 24.2 Å². The number of allylic oxidation sites excluding steroid dienone is 23. The zero-order valence-electron chi connectivity index (χ0n) is 35.9. The number of esters is 1. The zero-order chi connectivity index (χ0) is 43.2.